The third kappa shape index (κ3) is 7.68. The molecule has 15 heteroatoms. The van der Waals surface area contributed by atoms with Crippen molar-refractivity contribution in [1.29, 1.82) is 0 Å². The Morgan fingerprint density at radius 2 is 1.71 bits per heavy atom. The zero-order chi connectivity index (χ0) is 39.0. The zero-order valence-electron chi connectivity index (χ0n) is 31.2. The Kier molecular flexibility index (Phi) is 10.2. The second-order valence-corrected chi connectivity index (χ2v) is 17.4. The fourth-order valence-corrected chi connectivity index (χ4v) is 9.53. The Morgan fingerprint density at radius 1 is 0.946 bits per heavy atom. The number of sulfonamides is 1. The Balaban J connectivity index is 1.14. The molecule has 2 aliphatic heterocycles. The van der Waals surface area contributed by atoms with Gasteiger partial charge in [-0.25, -0.2) is 18.4 Å². The molecule has 2 aliphatic carbocycles. The molecule has 4 aromatic rings. The van der Waals surface area contributed by atoms with E-state index in [-0.39, 0.29) is 31.5 Å². The molecule has 0 spiro atoms. The molecule has 8 rings (SSSR count). The zero-order valence-corrected chi connectivity index (χ0v) is 32.0. The topological polar surface area (TPSA) is 190 Å². The first-order chi connectivity index (χ1) is 27.0. The maximum absolute atomic E-state index is 14.7. The van der Waals surface area contributed by atoms with Crippen molar-refractivity contribution < 1.29 is 32.3 Å². The standard InChI is InChI=1S/C41H45N7O7S/c1-25-22-43-34(23-42-25)36(49)44-33-15-5-3-2-4-10-26-18-19-41(21-26,40(52)47-56(53,54)28-16-17-28)46-37(50)35-20-27(24-48(35)39(33)51)55-38-31-13-7-6-11-29(31)30-12-8-9-14-32(30)45-38/h6-14,22-23,27-28,33,35H,2-5,15-21,24H2,1H3,(H,44,49)(H,46,50)(H,47,52)/b26-10-/t27-,33+,35+,41-/m1/s1. The normalized spacial score (nSPS) is 25.7. The summed E-state index contributed by atoms with van der Waals surface area (Å²) in [5.41, 5.74) is 0.856. The van der Waals surface area contributed by atoms with Crippen LogP contribution < -0.4 is 20.1 Å². The van der Waals surface area contributed by atoms with Crippen LogP contribution in [0.4, 0.5) is 0 Å². The average molecular weight is 780 g/mol. The molecule has 2 aromatic carbocycles. The van der Waals surface area contributed by atoms with Crippen molar-refractivity contribution in [1.82, 2.24) is 35.2 Å². The van der Waals surface area contributed by atoms with E-state index in [9.17, 15) is 27.6 Å². The minimum Gasteiger partial charge on any atom is -0.472 e. The fourth-order valence-electron chi connectivity index (χ4n) is 8.15. The molecule has 4 amide bonds. The second-order valence-electron chi connectivity index (χ2n) is 15.5. The summed E-state index contributed by atoms with van der Waals surface area (Å²) in [7, 11) is -3.91. The van der Waals surface area contributed by atoms with Gasteiger partial charge in [-0.1, -0.05) is 60.9 Å². The van der Waals surface area contributed by atoms with Gasteiger partial charge in [0.1, 0.15) is 29.4 Å². The van der Waals surface area contributed by atoms with Crippen molar-refractivity contribution in [2.75, 3.05) is 6.54 Å². The van der Waals surface area contributed by atoms with Gasteiger partial charge in [0.2, 0.25) is 27.7 Å². The number of hydrogen-bond acceptors (Lipinski definition) is 10. The van der Waals surface area contributed by atoms with Gasteiger partial charge >= 0.3 is 0 Å². The molecule has 2 bridgehead atoms. The van der Waals surface area contributed by atoms with Crippen molar-refractivity contribution in [3.63, 3.8) is 0 Å². The van der Waals surface area contributed by atoms with E-state index in [0.29, 0.717) is 43.7 Å². The maximum atomic E-state index is 14.7. The molecule has 2 saturated carbocycles. The van der Waals surface area contributed by atoms with Crippen LogP contribution in [0.1, 0.15) is 86.8 Å². The maximum Gasteiger partial charge on any atom is 0.272 e. The molecule has 4 heterocycles. The number of carbonyl (C=O) groups excluding carboxylic acids is 4. The first kappa shape index (κ1) is 37.5. The van der Waals surface area contributed by atoms with E-state index in [1.165, 1.54) is 17.3 Å². The molecule has 3 N–H and O–H groups in total. The van der Waals surface area contributed by atoms with Gasteiger partial charge in [-0.3, -0.25) is 28.9 Å². The lowest BCUT2D eigenvalue weighted by atomic mass is 9.95. The molecule has 1 saturated heterocycles. The van der Waals surface area contributed by atoms with E-state index in [2.05, 4.69) is 31.4 Å². The van der Waals surface area contributed by atoms with Crippen molar-refractivity contribution in [3.05, 3.63) is 84.0 Å². The summed E-state index contributed by atoms with van der Waals surface area (Å²) in [6, 6.07) is 13.4. The number of fused-ring (bicyclic) bond motifs is 6. The van der Waals surface area contributed by atoms with E-state index in [1.54, 1.807) is 6.92 Å². The van der Waals surface area contributed by atoms with Crippen LogP contribution in [-0.2, 0) is 24.4 Å². The Bertz CT molecular complexity index is 2350. The van der Waals surface area contributed by atoms with Crippen LogP contribution in [0.25, 0.3) is 21.7 Å². The lowest BCUT2D eigenvalue weighted by Gasteiger charge is -2.33. The number of aryl methyl sites for hydroxylation is 1. The molecular formula is C41H45N7O7S. The van der Waals surface area contributed by atoms with Gasteiger partial charge in [0.05, 0.1) is 29.2 Å². The highest BCUT2D eigenvalue weighted by atomic mass is 32.2. The number of para-hydroxylation sites is 1. The highest BCUT2D eigenvalue weighted by Crippen LogP contribution is 2.38. The largest absolute Gasteiger partial charge is 0.472 e. The van der Waals surface area contributed by atoms with Gasteiger partial charge < -0.3 is 20.3 Å². The fraction of sp³-hybridized carbons (Fsp3) is 0.439. The number of nitrogens with zero attached hydrogens (tertiary/aromatic N) is 4. The second kappa shape index (κ2) is 15.2. The van der Waals surface area contributed by atoms with Crippen LogP contribution in [0.5, 0.6) is 5.88 Å². The number of rotatable bonds is 7. The Labute approximate surface area is 324 Å². The number of aromatic nitrogens is 3. The molecule has 2 aromatic heterocycles. The van der Waals surface area contributed by atoms with Crippen LogP contribution >= 0.6 is 0 Å². The Hall–Kier alpha value is -5.44. The van der Waals surface area contributed by atoms with Crippen LogP contribution in [-0.4, -0.2) is 87.4 Å². The average Bonchev–Trinajstić information content (AvgIpc) is 3.86. The van der Waals surface area contributed by atoms with Gasteiger partial charge in [0, 0.05) is 29.8 Å². The Morgan fingerprint density at radius 3 is 2.48 bits per heavy atom. The predicted molar refractivity (Wildman–Crippen MR) is 208 cm³/mol. The smallest absolute Gasteiger partial charge is 0.272 e. The minimum atomic E-state index is -3.91. The summed E-state index contributed by atoms with van der Waals surface area (Å²) >= 11 is 0. The van der Waals surface area contributed by atoms with Crippen LogP contribution in [0, 0.1) is 6.92 Å². The number of allylic oxidation sites excluding steroid dienone is 1. The van der Waals surface area contributed by atoms with E-state index in [0.717, 1.165) is 46.5 Å². The predicted octanol–water partition coefficient (Wildman–Crippen LogP) is 4.17. The molecule has 292 valence electrons. The number of pyridine rings is 1. The summed E-state index contributed by atoms with van der Waals surface area (Å²) < 4.78 is 34.8. The molecule has 0 unspecified atom stereocenters. The highest BCUT2D eigenvalue weighted by Gasteiger charge is 2.51. The minimum absolute atomic E-state index is 0.00311. The van der Waals surface area contributed by atoms with Gasteiger partial charge in [-0.2, -0.15) is 0 Å². The van der Waals surface area contributed by atoms with Crippen LogP contribution in [0.2, 0.25) is 0 Å². The molecular weight excluding hydrogens is 735 g/mol. The first-order valence-electron chi connectivity index (χ1n) is 19.4. The van der Waals surface area contributed by atoms with Gasteiger partial charge in [0.25, 0.3) is 11.8 Å². The quantitative estimate of drug-likeness (QED) is 0.181. The monoisotopic (exact) mass is 779 g/mol. The molecule has 56 heavy (non-hydrogen) atoms. The summed E-state index contributed by atoms with van der Waals surface area (Å²) in [6.45, 7) is 1.75. The third-order valence-electron chi connectivity index (χ3n) is 11.3. The summed E-state index contributed by atoms with van der Waals surface area (Å²) in [5.74, 6) is -2.07. The summed E-state index contributed by atoms with van der Waals surface area (Å²) in [6.07, 6.45) is 9.36. The van der Waals surface area contributed by atoms with Gasteiger partial charge in [-0.15, -0.1) is 0 Å². The number of nitrogens with one attached hydrogen (secondary N) is 3. The lowest BCUT2D eigenvalue weighted by Crippen LogP contribution is -2.62. The number of ether oxygens (including phenoxy) is 1. The van der Waals surface area contributed by atoms with Crippen molar-refractivity contribution >= 4 is 55.3 Å². The van der Waals surface area contributed by atoms with Gasteiger partial charge in [-0.05, 0) is 69.4 Å². The van der Waals surface area contributed by atoms with E-state index < -0.39 is 62.6 Å². The van der Waals surface area contributed by atoms with Crippen molar-refractivity contribution in [2.45, 2.75) is 107 Å². The van der Waals surface area contributed by atoms with Crippen LogP contribution in [0.15, 0.2) is 72.6 Å². The molecule has 3 fully saturated rings. The number of carbonyl (C=O) groups is 4. The van der Waals surface area contributed by atoms with E-state index >= 15 is 0 Å². The summed E-state index contributed by atoms with van der Waals surface area (Å²) in [5, 5.41) is 7.87. The van der Waals surface area contributed by atoms with E-state index in [1.807, 2.05) is 48.5 Å². The van der Waals surface area contributed by atoms with Crippen molar-refractivity contribution in [3.8, 4) is 5.88 Å². The molecule has 0 radical (unpaired) electrons. The lowest BCUT2D eigenvalue weighted by molar-refractivity contribution is -0.142. The van der Waals surface area contributed by atoms with Crippen LogP contribution in [0.3, 0.4) is 0 Å². The molecule has 14 nitrogen and oxygen atoms in total. The van der Waals surface area contributed by atoms with E-state index in [4.69, 9.17) is 9.72 Å². The number of hydrogen-bond donors (Lipinski definition) is 3. The van der Waals surface area contributed by atoms with Crippen molar-refractivity contribution in [2.24, 2.45) is 0 Å². The first-order valence-corrected chi connectivity index (χ1v) is 20.9. The summed E-state index contributed by atoms with van der Waals surface area (Å²) in [4.78, 5) is 71.4. The van der Waals surface area contributed by atoms with Gasteiger partial charge in [0.15, 0.2) is 0 Å². The SMILES string of the molecule is Cc1cnc(C(=O)N[C@H]2CCCCC/C=C3/CC[C@](C(=O)NS(=O)(=O)C4CC4)(C3)NC(=O)[C@@H]3C[C@@H](Oc4nc5ccccc5c5ccccc45)CN3C2=O)cn1. The number of amides is 4. The molecule has 4 atom stereocenters. The third-order valence-corrected chi connectivity index (χ3v) is 13.2. The number of benzene rings is 2. The highest BCUT2D eigenvalue weighted by molar-refractivity contribution is 7.91. The molecule has 4 aliphatic rings.